The van der Waals surface area contributed by atoms with Gasteiger partial charge in [-0.2, -0.15) is 0 Å². The summed E-state index contributed by atoms with van der Waals surface area (Å²) in [5.74, 6) is 0. The van der Waals surface area contributed by atoms with Crippen molar-refractivity contribution in [1.82, 2.24) is 0 Å². The third-order valence-corrected chi connectivity index (χ3v) is 13.3. The van der Waals surface area contributed by atoms with Crippen molar-refractivity contribution >= 4 is 49.8 Å². The van der Waals surface area contributed by atoms with Crippen LogP contribution in [0.25, 0.3) is 88.3 Å². The van der Waals surface area contributed by atoms with Crippen LogP contribution >= 0.6 is 0 Å². The van der Waals surface area contributed by atoms with Gasteiger partial charge in [0.1, 0.15) is 11.2 Å². The van der Waals surface area contributed by atoms with E-state index >= 15 is 0 Å². The second-order valence-corrected chi connectivity index (χ2v) is 17.3. The number of hydrogen-bond acceptors (Lipinski definition) is 2. The highest BCUT2D eigenvalue weighted by Crippen LogP contribution is 2.52. The maximum Gasteiger partial charge on any atom is 0.143 e. The predicted octanol–water partition coefficient (Wildman–Crippen LogP) is 17.2. The van der Waals surface area contributed by atoms with Crippen LogP contribution in [-0.4, -0.2) is 0 Å². The molecule has 12 rings (SSSR count). The third kappa shape index (κ3) is 6.17. The molecule has 0 saturated carbocycles. The molecule has 0 bridgehead atoms. The van der Waals surface area contributed by atoms with E-state index in [4.69, 9.17) is 4.42 Å². The van der Waals surface area contributed by atoms with Gasteiger partial charge in [-0.3, -0.25) is 0 Å². The lowest BCUT2D eigenvalue weighted by atomic mass is 9.81. The van der Waals surface area contributed by atoms with Crippen molar-refractivity contribution in [1.29, 1.82) is 0 Å². The fraction of sp³-hybridized carbons (Fsp3) is 0.0492. The summed E-state index contributed by atoms with van der Waals surface area (Å²) in [5.41, 5.74) is 20.0. The molecular weight excluding hydrogens is 763 g/mol. The maximum absolute atomic E-state index is 6.40. The molecule has 0 saturated heterocycles. The van der Waals surface area contributed by atoms with Crippen LogP contribution in [-0.2, 0) is 5.41 Å². The molecule has 298 valence electrons. The zero-order chi connectivity index (χ0) is 42.1. The molecule has 0 atom stereocenters. The lowest BCUT2D eigenvalue weighted by molar-refractivity contribution is 0.660. The molecule has 1 heterocycles. The van der Waals surface area contributed by atoms with Gasteiger partial charge >= 0.3 is 0 Å². The molecular formula is C61H43NO. The van der Waals surface area contributed by atoms with E-state index in [1.165, 1.54) is 72.1 Å². The Kier molecular flexibility index (Phi) is 8.55. The first kappa shape index (κ1) is 36.9. The fourth-order valence-electron chi connectivity index (χ4n) is 9.99. The molecule has 0 aliphatic heterocycles. The summed E-state index contributed by atoms with van der Waals surface area (Å²) in [4.78, 5) is 2.40. The Hall–Kier alpha value is -7.94. The first-order valence-electron chi connectivity index (χ1n) is 21.8. The molecule has 1 aliphatic carbocycles. The quantitative estimate of drug-likeness (QED) is 0.160. The number of hydrogen-bond donors (Lipinski definition) is 0. The van der Waals surface area contributed by atoms with Crippen molar-refractivity contribution in [3.8, 4) is 55.6 Å². The van der Waals surface area contributed by atoms with E-state index in [1.54, 1.807) is 0 Å². The summed E-state index contributed by atoms with van der Waals surface area (Å²) in [6.45, 7) is 4.74. The van der Waals surface area contributed by atoms with Crippen LogP contribution in [0.1, 0.15) is 25.0 Å². The van der Waals surface area contributed by atoms with Crippen molar-refractivity contribution in [2.75, 3.05) is 4.90 Å². The zero-order valence-electron chi connectivity index (χ0n) is 35.2. The Morgan fingerprint density at radius 3 is 1.40 bits per heavy atom. The molecule has 0 amide bonds. The monoisotopic (exact) mass is 805 g/mol. The van der Waals surface area contributed by atoms with E-state index < -0.39 is 0 Å². The van der Waals surface area contributed by atoms with Gasteiger partial charge in [-0.25, -0.2) is 0 Å². The van der Waals surface area contributed by atoms with Crippen LogP contribution in [0.5, 0.6) is 0 Å². The number of furan rings is 1. The van der Waals surface area contributed by atoms with Crippen LogP contribution in [0.3, 0.4) is 0 Å². The summed E-state index contributed by atoms with van der Waals surface area (Å²) in [5, 5.41) is 4.61. The molecule has 0 N–H and O–H groups in total. The summed E-state index contributed by atoms with van der Waals surface area (Å²) in [7, 11) is 0. The van der Waals surface area contributed by atoms with E-state index in [0.29, 0.717) is 0 Å². The minimum atomic E-state index is -0.172. The van der Waals surface area contributed by atoms with Crippen LogP contribution in [0.4, 0.5) is 17.1 Å². The summed E-state index contributed by atoms with van der Waals surface area (Å²) >= 11 is 0. The molecule has 2 nitrogen and oxygen atoms in total. The van der Waals surface area contributed by atoms with Crippen molar-refractivity contribution in [3.05, 3.63) is 236 Å². The third-order valence-electron chi connectivity index (χ3n) is 13.3. The van der Waals surface area contributed by atoms with Gasteiger partial charge in [0, 0.05) is 38.6 Å². The molecule has 1 aliphatic rings. The highest BCUT2D eigenvalue weighted by atomic mass is 16.3. The molecule has 1 aromatic heterocycles. The van der Waals surface area contributed by atoms with Crippen LogP contribution in [0, 0.1) is 0 Å². The van der Waals surface area contributed by atoms with Crippen LogP contribution < -0.4 is 4.90 Å². The molecule has 0 spiro atoms. The summed E-state index contributed by atoms with van der Waals surface area (Å²) < 4.78 is 6.40. The van der Waals surface area contributed by atoms with E-state index in [-0.39, 0.29) is 5.41 Å². The highest BCUT2D eigenvalue weighted by Gasteiger charge is 2.36. The van der Waals surface area contributed by atoms with E-state index in [1.807, 2.05) is 6.07 Å². The standard InChI is InChI=1S/C61H43NO/c1-61(2)57-37-46(41-15-7-4-8-16-41)29-35-51(57)52-36-34-49(38-58(52)61)62(47-30-25-43(26-31-47)40-13-5-3-6-14-40)48-32-27-44(28-33-48)42-21-23-45(24-22-42)55-39-56-53-18-11-12-20-59(53)63-60(56)54-19-10-9-17-50(54)55/h3-39H,1-2H3. The van der Waals surface area contributed by atoms with Gasteiger partial charge in [0.2, 0.25) is 0 Å². The maximum atomic E-state index is 6.40. The topological polar surface area (TPSA) is 16.4 Å². The Bertz CT molecular complexity index is 3490. The Balaban J connectivity index is 0.908. The summed E-state index contributed by atoms with van der Waals surface area (Å²) in [6.07, 6.45) is 0. The minimum Gasteiger partial charge on any atom is -0.455 e. The van der Waals surface area contributed by atoms with Crippen LogP contribution in [0.2, 0.25) is 0 Å². The predicted molar refractivity (Wildman–Crippen MR) is 265 cm³/mol. The molecule has 0 unspecified atom stereocenters. The first-order chi connectivity index (χ1) is 31.0. The Morgan fingerprint density at radius 2 is 0.762 bits per heavy atom. The molecule has 10 aromatic carbocycles. The van der Waals surface area contributed by atoms with Crippen LogP contribution in [0.15, 0.2) is 229 Å². The zero-order valence-corrected chi connectivity index (χ0v) is 35.2. The van der Waals surface area contributed by atoms with E-state index in [9.17, 15) is 0 Å². The minimum absolute atomic E-state index is 0.172. The number of anilines is 3. The smallest absolute Gasteiger partial charge is 0.143 e. The number of nitrogens with zero attached hydrogens (tertiary/aromatic N) is 1. The Morgan fingerprint density at radius 1 is 0.317 bits per heavy atom. The van der Waals surface area contributed by atoms with Crippen molar-refractivity contribution < 1.29 is 4.42 Å². The number of rotatable bonds is 7. The average Bonchev–Trinajstić information content (AvgIpc) is 3.84. The SMILES string of the molecule is CC1(C)c2cc(-c3ccccc3)ccc2-c2ccc(N(c3ccc(-c4ccccc4)cc3)c3ccc(-c4ccc(-c5cc6c7ccccc7oc6c6ccccc56)cc4)cc3)cc21. The number of benzene rings is 10. The second-order valence-electron chi connectivity index (χ2n) is 17.3. The van der Waals surface area contributed by atoms with Gasteiger partial charge in [0.25, 0.3) is 0 Å². The number of para-hydroxylation sites is 1. The van der Waals surface area contributed by atoms with Crippen molar-refractivity contribution in [2.45, 2.75) is 19.3 Å². The van der Waals surface area contributed by atoms with Gasteiger partial charge in [-0.1, -0.05) is 184 Å². The normalized spacial score (nSPS) is 12.7. The Labute approximate surface area is 368 Å². The highest BCUT2D eigenvalue weighted by molar-refractivity contribution is 6.19. The second kappa shape index (κ2) is 14.6. The molecule has 0 fully saturated rings. The summed E-state index contributed by atoms with van der Waals surface area (Å²) in [6, 6.07) is 81.6. The van der Waals surface area contributed by atoms with Gasteiger partial charge in [0.15, 0.2) is 0 Å². The van der Waals surface area contributed by atoms with Gasteiger partial charge < -0.3 is 9.32 Å². The van der Waals surface area contributed by atoms with E-state index in [2.05, 4.69) is 237 Å². The molecule has 0 radical (unpaired) electrons. The molecule has 2 heteroatoms. The van der Waals surface area contributed by atoms with Gasteiger partial charge in [-0.05, 0) is 127 Å². The van der Waals surface area contributed by atoms with Crippen molar-refractivity contribution in [3.63, 3.8) is 0 Å². The fourth-order valence-corrected chi connectivity index (χ4v) is 9.99. The molecule has 11 aromatic rings. The van der Waals surface area contributed by atoms with Gasteiger partial charge in [-0.15, -0.1) is 0 Å². The number of fused-ring (bicyclic) bond motifs is 8. The average molecular weight is 806 g/mol. The first-order valence-corrected chi connectivity index (χ1v) is 21.8. The lowest BCUT2D eigenvalue weighted by Gasteiger charge is -2.28. The molecule has 63 heavy (non-hydrogen) atoms. The van der Waals surface area contributed by atoms with Gasteiger partial charge in [0.05, 0.1) is 0 Å². The lowest BCUT2D eigenvalue weighted by Crippen LogP contribution is -2.16. The van der Waals surface area contributed by atoms with E-state index in [0.717, 1.165) is 44.4 Å². The largest absolute Gasteiger partial charge is 0.455 e. The van der Waals surface area contributed by atoms with Crippen molar-refractivity contribution in [2.24, 2.45) is 0 Å².